The number of benzene rings is 2. The molecule has 0 radical (unpaired) electrons. The Bertz CT molecular complexity index is 1300. The maximum absolute atomic E-state index is 13.5. The van der Waals surface area contributed by atoms with Crippen LogP contribution in [-0.4, -0.2) is 40.4 Å². The molecule has 2 aromatic carbocycles. The predicted molar refractivity (Wildman–Crippen MR) is 128 cm³/mol. The number of hydrogen-bond acceptors (Lipinski definition) is 5. The van der Waals surface area contributed by atoms with E-state index < -0.39 is 5.43 Å². The van der Waals surface area contributed by atoms with E-state index in [-0.39, 0.29) is 53.7 Å². The van der Waals surface area contributed by atoms with Crippen LogP contribution in [0.4, 0.5) is 4.39 Å². The maximum Gasteiger partial charge on any atom is 0.275 e. The smallest absolute Gasteiger partial charge is 0.275 e. The zero-order valence-corrected chi connectivity index (χ0v) is 19.2. The number of halogens is 1. The Morgan fingerprint density at radius 1 is 1.06 bits per heavy atom. The Morgan fingerprint density at radius 2 is 1.83 bits per heavy atom. The van der Waals surface area contributed by atoms with E-state index >= 15 is 0 Å². The molecule has 7 nitrogen and oxygen atoms in total. The molecule has 1 N–H and O–H groups in total. The molecule has 35 heavy (non-hydrogen) atoms. The lowest BCUT2D eigenvalue weighted by Crippen LogP contribution is -2.59. The van der Waals surface area contributed by atoms with Gasteiger partial charge in [0.1, 0.15) is 18.6 Å². The van der Waals surface area contributed by atoms with Crippen molar-refractivity contribution in [2.45, 2.75) is 38.6 Å². The SMILES string of the molecule is O=C(CCc1ccc(F)cc1)c1cn2c(c(OCc3ccccc3)c1=O)C(=O)N1CCCNC1C2. The van der Waals surface area contributed by atoms with Crippen molar-refractivity contribution < 1.29 is 18.7 Å². The van der Waals surface area contributed by atoms with Gasteiger partial charge >= 0.3 is 0 Å². The number of ketones is 1. The van der Waals surface area contributed by atoms with Gasteiger partial charge in [0.25, 0.3) is 5.91 Å². The standard InChI is InChI=1S/C27H26FN3O4/c28-20-10-7-18(8-11-20)9-12-22(32)21-15-30-16-23-29-13-4-14-31(23)27(34)24(30)26(25(21)33)35-17-19-5-2-1-3-6-19/h1-3,5-8,10-11,15,23,29H,4,9,12-14,16-17H2. The number of rotatable bonds is 7. The van der Waals surface area contributed by atoms with Crippen molar-refractivity contribution in [3.63, 3.8) is 0 Å². The fraction of sp³-hybridized carbons (Fsp3) is 0.296. The van der Waals surface area contributed by atoms with Crippen LogP contribution in [0.1, 0.15) is 44.8 Å². The Morgan fingerprint density at radius 3 is 2.60 bits per heavy atom. The van der Waals surface area contributed by atoms with Gasteiger partial charge in [0.15, 0.2) is 17.2 Å². The number of carbonyl (C=O) groups excluding carboxylic acids is 2. The summed E-state index contributed by atoms with van der Waals surface area (Å²) in [7, 11) is 0. The number of nitrogens with zero attached hydrogens (tertiary/aromatic N) is 2. The number of Topliss-reactive ketones (excluding diaryl/α,β-unsaturated/α-hetero) is 1. The molecule has 1 atom stereocenters. The van der Waals surface area contributed by atoms with E-state index in [0.29, 0.717) is 19.5 Å². The van der Waals surface area contributed by atoms with Crippen molar-refractivity contribution in [3.8, 4) is 5.75 Å². The highest BCUT2D eigenvalue weighted by atomic mass is 19.1. The number of hydrogen-bond donors (Lipinski definition) is 1. The van der Waals surface area contributed by atoms with Gasteiger partial charge in [-0.1, -0.05) is 42.5 Å². The molecular weight excluding hydrogens is 449 g/mol. The number of aromatic nitrogens is 1. The molecule has 180 valence electrons. The van der Waals surface area contributed by atoms with E-state index in [2.05, 4.69) is 5.32 Å². The van der Waals surface area contributed by atoms with Gasteiger partial charge < -0.3 is 14.2 Å². The molecule has 0 bridgehead atoms. The second-order valence-corrected chi connectivity index (χ2v) is 8.85. The summed E-state index contributed by atoms with van der Waals surface area (Å²) in [6.07, 6.45) is 2.57. The highest BCUT2D eigenvalue weighted by Gasteiger charge is 2.37. The van der Waals surface area contributed by atoms with Crippen LogP contribution in [0.15, 0.2) is 65.6 Å². The normalized spacial score (nSPS) is 17.0. The van der Waals surface area contributed by atoms with Crippen molar-refractivity contribution in [2.75, 3.05) is 13.1 Å². The molecule has 0 saturated carbocycles. The Balaban J connectivity index is 1.48. The Kier molecular flexibility index (Phi) is 6.46. The minimum Gasteiger partial charge on any atom is -0.483 e. The van der Waals surface area contributed by atoms with E-state index in [1.165, 1.54) is 18.3 Å². The lowest BCUT2D eigenvalue weighted by molar-refractivity contribution is 0.0459. The molecule has 0 spiro atoms. The summed E-state index contributed by atoms with van der Waals surface area (Å²) < 4.78 is 20.8. The average molecular weight is 476 g/mol. The van der Waals surface area contributed by atoms with Crippen molar-refractivity contribution in [2.24, 2.45) is 0 Å². The minimum atomic E-state index is -0.576. The van der Waals surface area contributed by atoms with Crippen molar-refractivity contribution in [1.82, 2.24) is 14.8 Å². The molecular formula is C27H26FN3O4. The van der Waals surface area contributed by atoms with Gasteiger partial charge in [-0.15, -0.1) is 0 Å². The number of ether oxygens (including phenoxy) is 1. The third-order valence-electron chi connectivity index (χ3n) is 6.48. The van der Waals surface area contributed by atoms with Crippen LogP contribution in [0.5, 0.6) is 5.75 Å². The summed E-state index contributed by atoms with van der Waals surface area (Å²) in [6, 6.07) is 15.3. The monoisotopic (exact) mass is 475 g/mol. The zero-order chi connectivity index (χ0) is 24.4. The summed E-state index contributed by atoms with van der Waals surface area (Å²) in [4.78, 5) is 41.7. The van der Waals surface area contributed by atoms with Crippen LogP contribution >= 0.6 is 0 Å². The molecule has 1 unspecified atom stereocenters. The first-order valence-electron chi connectivity index (χ1n) is 11.8. The lowest BCUT2D eigenvalue weighted by Gasteiger charge is -2.41. The van der Waals surface area contributed by atoms with Crippen LogP contribution in [0, 0.1) is 5.82 Å². The quantitative estimate of drug-likeness (QED) is 0.531. The summed E-state index contributed by atoms with van der Waals surface area (Å²) in [6.45, 7) is 1.92. The van der Waals surface area contributed by atoms with Gasteiger partial charge in [-0.05, 0) is 42.6 Å². The number of nitrogens with one attached hydrogen (secondary N) is 1. The summed E-state index contributed by atoms with van der Waals surface area (Å²) in [5.41, 5.74) is 1.25. The highest BCUT2D eigenvalue weighted by Crippen LogP contribution is 2.26. The highest BCUT2D eigenvalue weighted by molar-refractivity contribution is 6.00. The maximum atomic E-state index is 13.5. The number of fused-ring (bicyclic) bond motifs is 2. The predicted octanol–water partition coefficient (Wildman–Crippen LogP) is 3.16. The Hall–Kier alpha value is -3.78. The first-order chi connectivity index (χ1) is 17.0. The molecule has 1 aromatic heterocycles. The number of amides is 1. The van der Waals surface area contributed by atoms with E-state index in [4.69, 9.17) is 4.74 Å². The van der Waals surface area contributed by atoms with E-state index in [0.717, 1.165) is 24.1 Å². The van der Waals surface area contributed by atoms with Crippen LogP contribution in [0.2, 0.25) is 0 Å². The molecule has 1 fully saturated rings. The topological polar surface area (TPSA) is 80.6 Å². The summed E-state index contributed by atoms with van der Waals surface area (Å²) in [5.74, 6) is -1.05. The third kappa shape index (κ3) is 4.74. The van der Waals surface area contributed by atoms with Gasteiger partial charge in [-0.3, -0.25) is 19.7 Å². The van der Waals surface area contributed by atoms with Gasteiger partial charge in [0, 0.05) is 19.2 Å². The lowest BCUT2D eigenvalue weighted by atomic mass is 10.0. The van der Waals surface area contributed by atoms with E-state index in [1.54, 1.807) is 21.6 Å². The van der Waals surface area contributed by atoms with Crippen molar-refractivity contribution >= 4 is 11.7 Å². The molecule has 8 heteroatoms. The molecule has 0 aliphatic carbocycles. The van der Waals surface area contributed by atoms with Crippen LogP contribution in [-0.2, 0) is 19.6 Å². The van der Waals surface area contributed by atoms with Crippen LogP contribution < -0.4 is 15.5 Å². The first kappa shape index (κ1) is 23.0. The van der Waals surface area contributed by atoms with Gasteiger partial charge in [0.05, 0.1) is 12.1 Å². The van der Waals surface area contributed by atoms with Gasteiger partial charge in [-0.25, -0.2) is 4.39 Å². The fourth-order valence-corrected chi connectivity index (χ4v) is 4.62. The Labute approximate surface area is 202 Å². The van der Waals surface area contributed by atoms with Crippen molar-refractivity contribution in [1.29, 1.82) is 0 Å². The molecule has 1 saturated heterocycles. The van der Waals surface area contributed by atoms with Gasteiger partial charge in [-0.2, -0.15) is 0 Å². The third-order valence-corrected chi connectivity index (χ3v) is 6.48. The molecule has 2 aliphatic heterocycles. The first-order valence-corrected chi connectivity index (χ1v) is 11.8. The van der Waals surface area contributed by atoms with Gasteiger partial charge in [0.2, 0.25) is 5.43 Å². The summed E-state index contributed by atoms with van der Waals surface area (Å²) >= 11 is 0. The number of pyridine rings is 1. The molecule has 3 aromatic rings. The number of aryl methyl sites for hydroxylation is 1. The largest absolute Gasteiger partial charge is 0.483 e. The fourth-order valence-electron chi connectivity index (χ4n) is 4.62. The van der Waals surface area contributed by atoms with Crippen LogP contribution in [0.3, 0.4) is 0 Å². The second kappa shape index (κ2) is 9.84. The zero-order valence-electron chi connectivity index (χ0n) is 19.2. The number of carbonyl (C=O) groups is 2. The molecule has 3 heterocycles. The summed E-state index contributed by atoms with van der Waals surface area (Å²) in [5, 5.41) is 3.33. The average Bonchev–Trinajstić information content (AvgIpc) is 2.88. The second-order valence-electron chi connectivity index (χ2n) is 8.85. The minimum absolute atomic E-state index is 0.00372. The molecule has 2 aliphatic rings. The molecule has 5 rings (SSSR count). The molecule has 1 amide bonds. The van der Waals surface area contributed by atoms with E-state index in [1.807, 2.05) is 30.3 Å². The van der Waals surface area contributed by atoms with Crippen LogP contribution in [0.25, 0.3) is 0 Å². The van der Waals surface area contributed by atoms with E-state index in [9.17, 15) is 18.8 Å². The van der Waals surface area contributed by atoms with Crippen molar-refractivity contribution in [3.05, 3.63) is 99.2 Å².